The fraction of sp³-hybridized carbons (Fsp3) is 0.870. The minimum atomic E-state index is -0.471. The summed E-state index contributed by atoms with van der Waals surface area (Å²) in [5.74, 6) is -0.378. The van der Waals surface area contributed by atoms with Crippen LogP contribution >= 0.6 is 0 Å². The van der Waals surface area contributed by atoms with Crippen molar-refractivity contribution in [2.45, 2.75) is 78.1 Å². The number of carbonyl (C=O) groups excluding carboxylic acids is 3. The number of aldehydes is 1. The van der Waals surface area contributed by atoms with Crippen LogP contribution in [-0.4, -0.2) is 68.9 Å². The van der Waals surface area contributed by atoms with Gasteiger partial charge in [-0.3, -0.25) is 9.59 Å². The quantitative estimate of drug-likeness (QED) is 0.523. The standard InChI is InChI=1S/C11H20O3.C8H12O3.C4H9NO/c1-8(2)9(7-12)6-10(13)14-11(3,4)5;9-7-1-3-8(4-2-7)10-5-6-11-8;1-3-6-4-2-5-1/h7-9H,6H2,1-5H3;1-6H2;5H,1-4H2. The molecule has 1 saturated carbocycles. The SMILES string of the molecule is C1COCCN1.CC(C)C(C=O)CC(=O)OC(C)(C)C.O=C1CCC2(CC1)OCCO2. The van der Waals surface area contributed by atoms with E-state index in [1.165, 1.54) is 0 Å². The van der Waals surface area contributed by atoms with Crippen LogP contribution in [0.4, 0.5) is 0 Å². The molecule has 2 heterocycles. The Morgan fingerprint density at radius 2 is 1.65 bits per heavy atom. The lowest BCUT2D eigenvalue weighted by Gasteiger charge is -2.30. The van der Waals surface area contributed by atoms with E-state index in [1.54, 1.807) is 0 Å². The summed E-state index contributed by atoms with van der Waals surface area (Å²) in [5.41, 5.74) is -0.471. The maximum absolute atomic E-state index is 11.4. The van der Waals surface area contributed by atoms with E-state index in [0.717, 1.165) is 45.4 Å². The van der Waals surface area contributed by atoms with E-state index in [-0.39, 0.29) is 30.0 Å². The van der Waals surface area contributed by atoms with Crippen LogP contribution in [0, 0.1) is 11.8 Å². The predicted octanol–water partition coefficient (Wildman–Crippen LogP) is 2.67. The third-order valence-corrected chi connectivity index (χ3v) is 5.08. The zero-order valence-electron chi connectivity index (χ0n) is 19.9. The summed E-state index contributed by atoms with van der Waals surface area (Å²) in [6.07, 6.45) is 3.77. The summed E-state index contributed by atoms with van der Waals surface area (Å²) < 4.78 is 21.0. The molecule has 0 aromatic rings. The number of Topliss-reactive ketones (excluding diaryl/α,β-unsaturated/α-hetero) is 1. The molecular weight excluding hydrogens is 402 g/mol. The molecule has 1 aliphatic carbocycles. The number of ether oxygens (including phenoxy) is 4. The zero-order valence-corrected chi connectivity index (χ0v) is 19.9. The van der Waals surface area contributed by atoms with Crippen molar-refractivity contribution >= 4 is 18.0 Å². The normalized spacial score (nSPS) is 21.4. The molecule has 8 nitrogen and oxygen atoms in total. The summed E-state index contributed by atoms with van der Waals surface area (Å²) in [4.78, 5) is 32.9. The van der Waals surface area contributed by atoms with Gasteiger partial charge in [0.25, 0.3) is 0 Å². The Hall–Kier alpha value is -1.35. The van der Waals surface area contributed by atoms with E-state index >= 15 is 0 Å². The molecule has 31 heavy (non-hydrogen) atoms. The van der Waals surface area contributed by atoms with Crippen molar-refractivity contribution in [1.82, 2.24) is 5.32 Å². The minimum Gasteiger partial charge on any atom is -0.460 e. The van der Waals surface area contributed by atoms with Crippen molar-refractivity contribution in [1.29, 1.82) is 0 Å². The first kappa shape index (κ1) is 27.7. The monoisotopic (exact) mass is 443 g/mol. The topological polar surface area (TPSA) is 100 Å². The first-order valence-corrected chi connectivity index (χ1v) is 11.3. The number of rotatable bonds is 4. The Bertz CT molecular complexity index is 523. The highest BCUT2D eigenvalue weighted by Crippen LogP contribution is 2.33. The first-order valence-electron chi connectivity index (χ1n) is 11.3. The second kappa shape index (κ2) is 13.9. The van der Waals surface area contributed by atoms with Gasteiger partial charge in [0.1, 0.15) is 17.7 Å². The summed E-state index contributed by atoms with van der Waals surface area (Å²) in [6, 6.07) is 0. The van der Waals surface area contributed by atoms with Gasteiger partial charge in [0.2, 0.25) is 0 Å². The molecule has 0 aromatic heterocycles. The number of morpholine rings is 1. The predicted molar refractivity (Wildman–Crippen MR) is 117 cm³/mol. The lowest BCUT2D eigenvalue weighted by molar-refractivity contribution is -0.179. The number of ketones is 1. The highest BCUT2D eigenvalue weighted by atomic mass is 16.7. The summed E-state index contributed by atoms with van der Waals surface area (Å²) in [7, 11) is 0. The number of hydrogen-bond donors (Lipinski definition) is 1. The lowest BCUT2D eigenvalue weighted by Crippen LogP contribution is -2.35. The van der Waals surface area contributed by atoms with Crippen LogP contribution in [0.15, 0.2) is 0 Å². The second-order valence-corrected chi connectivity index (χ2v) is 9.34. The molecule has 1 atom stereocenters. The third-order valence-electron chi connectivity index (χ3n) is 5.08. The smallest absolute Gasteiger partial charge is 0.307 e. The van der Waals surface area contributed by atoms with Gasteiger partial charge in [0.15, 0.2) is 5.79 Å². The maximum Gasteiger partial charge on any atom is 0.307 e. The molecule has 0 radical (unpaired) electrons. The molecule has 0 aromatic carbocycles. The largest absolute Gasteiger partial charge is 0.460 e. The van der Waals surface area contributed by atoms with Gasteiger partial charge >= 0.3 is 5.97 Å². The van der Waals surface area contributed by atoms with Gasteiger partial charge in [-0.25, -0.2) is 0 Å². The molecule has 1 spiro atoms. The Kier molecular flexibility index (Phi) is 12.4. The molecule has 8 heteroatoms. The van der Waals surface area contributed by atoms with Crippen LogP contribution in [0.5, 0.6) is 0 Å². The second-order valence-electron chi connectivity index (χ2n) is 9.34. The number of esters is 1. The first-order chi connectivity index (χ1) is 14.6. The van der Waals surface area contributed by atoms with Crippen molar-refractivity contribution in [2.75, 3.05) is 39.5 Å². The van der Waals surface area contributed by atoms with Crippen molar-refractivity contribution in [3.8, 4) is 0 Å². The molecule has 3 aliphatic rings. The zero-order chi connectivity index (χ0) is 23.3. The van der Waals surface area contributed by atoms with E-state index in [2.05, 4.69) is 5.32 Å². The van der Waals surface area contributed by atoms with Gasteiger partial charge in [-0.15, -0.1) is 0 Å². The summed E-state index contributed by atoms with van der Waals surface area (Å²) in [6.45, 7) is 14.5. The van der Waals surface area contributed by atoms with E-state index in [9.17, 15) is 14.4 Å². The molecular formula is C23H41NO7. The van der Waals surface area contributed by atoms with Crippen LogP contribution in [0.25, 0.3) is 0 Å². The van der Waals surface area contributed by atoms with Crippen molar-refractivity contribution in [3.05, 3.63) is 0 Å². The number of carbonyl (C=O) groups is 3. The molecule has 0 amide bonds. The Labute approximate surface area is 186 Å². The van der Waals surface area contributed by atoms with E-state index in [0.29, 0.717) is 31.8 Å². The van der Waals surface area contributed by atoms with Gasteiger partial charge < -0.3 is 29.1 Å². The van der Waals surface area contributed by atoms with Crippen LogP contribution in [0.3, 0.4) is 0 Å². The molecule has 2 saturated heterocycles. The number of hydrogen-bond acceptors (Lipinski definition) is 8. The molecule has 0 bridgehead atoms. The van der Waals surface area contributed by atoms with E-state index < -0.39 is 5.60 Å². The highest BCUT2D eigenvalue weighted by Gasteiger charge is 2.39. The molecule has 1 N–H and O–H groups in total. The van der Waals surface area contributed by atoms with Gasteiger partial charge in [-0.05, 0) is 26.7 Å². The Morgan fingerprint density at radius 3 is 2.00 bits per heavy atom. The van der Waals surface area contributed by atoms with Gasteiger partial charge in [-0.1, -0.05) is 13.8 Å². The Morgan fingerprint density at radius 1 is 1.10 bits per heavy atom. The van der Waals surface area contributed by atoms with E-state index in [4.69, 9.17) is 18.9 Å². The minimum absolute atomic E-state index is 0.179. The molecule has 2 aliphatic heterocycles. The van der Waals surface area contributed by atoms with Crippen molar-refractivity contribution in [2.24, 2.45) is 11.8 Å². The van der Waals surface area contributed by atoms with Crippen LogP contribution < -0.4 is 5.32 Å². The number of nitrogens with one attached hydrogen (secondary N) is 1. The van der Waals surface area contributed by atoms with Gasteiger partial charge in [0, 0.05) is 44.7 Å². The summed E-state index contributed by atoms with van der Waals surface area (Å²) in [5, 5.41) is 3.16. The average molecular weight is 444 g/mol. The summed E-state index contributed by atoms with van der Waals surface area (Å²) >= 11 is 0. The highest BCUT2D eigenvalue weighted by molar-refractivity contribution is 5.79. The molecule has 3 fully saturated rings. The van der Waals surface area contributed by atoms with Crippen LogP contribution in [-0.2, 0) is 33.3 Å². The van der Waals surface area contributed by atoms with Crippen LogP contribution in [0.2, 0.25) is 0 Å². The lowest BCUT2D eigenvalue weighted by atomic mass is 9.93. The van der Waals surface area contributed by atoms with Gasteiger partial charge in [0.05, 0.1) is 32.8 Å². The van der Waals surface area contributed by atoms with Gasteiger partial charge in [-0.2, -0.15) is 0 Å². The average Bonchev–Trinajstić information content (AvgIpc) is 3.18. The molecule has 3 rings (SSSR count). The molecule has 180 valence electrons. The molecule has 1 unspecified atom stereocenters. The van der Waals surface area contributed by atoms with Crippen LogP contribution in [0.1, 0.15) is 66.7 Å². The van der Waals surface area contributed by atoms with Crippen molar-refractivity contribution < 1.29 is 33.3 Å². The fourth-order valence-corrected chi connectivity index (χ4v) is 3.23. The third kappa shape index (κ3) is 12.3. The fourth-order valence-electron chi connectivity index (χ4n) is 3.23. The van der Waals surface area contributed by atoms with E-state index in [1.807, 2.05) is 34.6 Å². The van der Waals surface area contributed by atoms with Crippen molar-refractivity contribution in [3.63, 3.8) is 0 Å². The Balaban J connectivity index is 0.000000249. The maximum atomic E-state index is 11.4.